The molecule has 25 heavy (non-hydrogen) atoms. The fourth-order valence-corrected chi connectivity index (χ4v) is 2.71. The van der Waals surface area contributed by atoms with Gasteiger partial charge in [-0.25, -0.2) is 9.97 Å². The first-order chi connectivity index (χ1) is 12.2. The summed E-state index contributed by atoms with van der Waals surface area (Å²) in [7, 11) is 0. The van der Waals surface area contributed by atoms with Gasteiger partial charge in [0.15, 0.2) is 0 Å². The van der Waals surface area contributed by atoms with E-state index in [9.17, 15) is 4.79 Å². The molecule has 0 fully saturated rings. The number of amides is 1. The van der Waals surface area contributed by atoms with Gasteiger partial charge in [0.05, 0.1) is 5.52 Å². The molecule has 0 radical (unpaired) electrons. The average molecular weight is 334 g/mol. The number of hydrogen-bond acceptors (Lipinski definition) is 4. The van der Waals surface area contributed by atoms with Gasteiger partial charge >= 0.3 is 0 Å². The first kappa shape index (κ1) is 16.9. The third kappa shape index (κ3) is 4.12. The molecular formula is C20H22N4O. The second-order valence-corrected chi connectivity index (χ2v) is 5.99. The molecule has 5 nitrogen and oxygen atoms in total. The van der Waals surface area contributed by atoms with Gasteiger partial charge in [-0.15, -0.1) is 0 Å². The fraction of sp³-hybridized carbons (Fsp3) is 0.250. The molecule has 2 N–H and O–H groups in total. The maximum atomic E-state index is 11.1. The summed E-state index contributed by atoms with van der Waals surface area (Å²) in [6.07, 6.45) is 3.84. The lowest BCUT2D eigenvalue weighted by molar-refractivity contribution is -0.114. The van der Waals surface area contributed by atoms with Gasteiger partial charge in [-0.3, -0.25) is 4.79 Å². The summed E-state index contributed by atoms with van der Waals surface area (Å²) in [6, 6.07) is 14.0. The number of anilines is 2. The van der Waals surface area contributed by atoms with Crippen molar-refractivity contribution in [3.05, 3.63) is 48.8 Å². The van der Waals surface area contributed by atoms with Crippen molar-refractivity contribution in [2.45, 2.75) is 26.7 Å². The Morgan fingerprint density at radius 2 is 1.80 bits per heavy atom. The molecule has 0 spiro atoms. The Morgan fingerprint density at radius 1 is 1.04 bits per heavy atom. The number of hydrogen-bond donors (Lipinski definition) is 2. The van der Waals surface area contributed by atoms with Gasteiger partial charge in [0.2, 0.25) is 5.91 Å². The molecule has 1 aromatic heterocycles. The van der Waals surface area contributed by atoms with Crippen LogP contribution >= 0.6 is 0 Å². The number of nitrogens with one attached hydrogen (secondary N) is 2. The van der Waals surface area contributed by atoms with Crippen molar-refractivity contribution in [3.63, 3.8) is 0 Å². The molecule has 3 aromatic rings. The minimum Gasteiger partial charge on any atom is -0.369 e. The van der Waals surface area contributed by atoms with E-state index in [1.807, 2.05) is 30.3 Å². The van der Waals surface area contributed by atoms with Crippen LogP contribution in [0.5, 0.6) is 0 Å². The summed E-state index contributed by atoms with van der Waals surface area (Å²) in [5.74, 6) is 0.800. The van der Waals surface area contributed by atoms with Crippen LogP contribution in [0.4, 0.5) is 11.5 Å². The molecule has 0 aliphatic heterocycles. The maximum absolute atomic E-state index is 11.1. The van der Waals surface area contributed by atoms with E-state index < -0.39 is 0 Å². The summed E-state index contributed by atoms with van der Waals surface area (Å²) in [5.41, 5.74) is 3.89. The summed E-state index contributed by atoms with van der Waals surface area (Å²) in [4.78, 5) is 19.9. The lowest BCUT2D eigenvalue weighted by atomic mass is 10.0. The molecule has 0 bridgehead atoms. The second-order valence-electron chi connectivity index (χ2n) is 5.99. The topological polar surface area (TPSA) is 66.9 Å². The molecule has 0 atom stereocenters. The van der Waals surface area contributed by atoms with E-state index in [-0.39, 0.29) is 5.91 Å². The van der Waals surface area contributed by atoms with Gasteiger partial charge < -0.3 is 10.6 Å². The molecule has 5 heteroatoms. The summed E-state index contributed by atoms with van der Waals surface area (Å²) >= 11 is 0. The zero-order valence-electron chi connectivity index (χ0n) is 14.5. The van der Waals surface area contributed by atoms with Crippen LogP contribution in [0.2, 0.25) is 0 Å². The Hall–Kier alpha value is -2.95. The molecule has 2 aromatic carbocycles. The average Bonchev–Trinajstić information content (AvgIpc) is 2.62. The molecule has 1 amide bonds. The Labute approximate surface area is 147 Å². The van der Waals surface area contributed by atoms with Gasteiger partial charge in [0.25, 0.3) is 0 Å². The monoisotopic (exact) mass is 334 g/mol. The van der Waals surface area contributed by atoms with Crippen LogP contribution < -0.4 is 10.6 Å². The van der Waals surface area contributed by atoms with Gasteiger partial charge in [-0.1, -0.05) is 31.5 Å². The highest BCUT2D eigenvalue weighted by Crippen LogP contribution is 2.27. The van der Waals surface area contributed by atoms with Crippen LogP contribution in [-0.2, 0) is 4.79 Å². The first-order valence-electron chi connectivity index (χ1n) is 8.54. The fourth-order valence-electron chi connectivity index (χ4n) is 2.71. The van der Waals surface area contributed by atoms with E-state index in [2.05, 4.69) is 39.7 Å². The second kappa shape index (κ2) is 7.75. The van der Waals surface area contributed by atoms with E-state index in [4.69, 9.17) is 0 Å². The molecule has 0 aliphatic rings. The molecule has 0 unspecified atom stereocenters. The highest BCUT2D eigenvalue weighted by Gasteiger charge is 2.06. The summed E-state index contributed by atoms with van der Waals surface area (Å²) < 4.78 is 0. The van der Waals surface area contributed by atoms with Crippen LogP contribution in [0.15, 0.2) is 48.8 Å². The highest BCUT2D eigenvalue weighted by molar-refractivity contribution is 5.93. The van der Waals surface area contributed by atoms with E-state index in [0.717, 1.165) is 52.9 Å². The molecule has 1 heterocycles. The molecular weight excluding hydrogens is 312 g/mol. The number of benzene rings is 2. The summed E-state index contributed by atoms with van der Waals surface area (Å²) in [5, 5.41) is 7.20. The SMILES string of the molecule is CCCCNc1ncnc2ccc(-c3ccc(NC(C)=O)cc3)cc12. The van der Waals surface area contributed by atoms with E-state index in [0.29, 0.717) is 0 Å². The highest BCUT2D eigenvalue weighted by atomic mass is 16.1. The van der Waals surface area contributed by atoms with Crippen LogP contribution in [0, 0.1) is 0 Å². The van der Waals surface area contributed by atoms with Gasteiger partial charge in [0.1, 0.15) is 12.1 Å². The van der Waals surface area contributed by atoms with Crippen molar-refractivity contribution < 1.29 is 4.79 Å². The first-order valence-corrected chi connectivity index (χ1v) is 8.54. The maximum Gasteiger partial charge on any atom is 0.221 e. The largest absolute Gasteiger partial charge is 0.369 e. The minimum absolute atomic E-state index is 0.0709. The third-order valence-corrected chi connectivity index (χ3v) is 4.00. The standard InChI is InChI=1S/C20H22N4O/c1-3-4-11-21-20-18-12-16(7-10-19(18)22-13-23-20)15-5-8-17(9-6-15)24-14(2)25/h5-10,12-13H,3-4,11H2,1-2H3,(H,24,25)(H,21,22,23). The van der Waals surface area contributed by atoms with Crippen molar-refractivity contribution in [3.8, 4) is 11.1 Å². The third-order valence-electron chi connectivity index (χ3n) is 4.00. The number of nitrogens with zero attached hydrogens (tertiary/aromatic N) is 2. The Kier molecular flexibility index (Phi) is 5.23. The molecule has 3 rings (SSSR count). The normalized spacial score (nSPS) is 10.6. The molecule has 0 saturated heterocycles. The number of aromatic nitrogens is 2. The number of carbonyl (C=O) groups is 1. The van der Waals surface area contributed by atoms with Gasteiger partial charge in [0, 0.05) is 24.5 Å². The number of fused-ring (bicyclic) bond motifs is 1. The Balaban J connectivity index is 1.91. The molecule has 128 valence electrons. The molecule has 0 saturated carbocycles. The van der Waals surface area contributed by atoms with Gasteiger partial charge in [-0.2, -0.15) is 0 Å². The van der Waals surface area contributed by atoms with E-state index in [1.165, 1.54) is 6.92 Å². The van der Waals surface area contributed by atoms with Crippen molar-refractivity contribution >= 4 is 28.3 Å². The smallest absolute Gasteiger partial charge is 0.221 e. The zero-order chi connectivity index (χ0) is 17.6. The molecule has 0 aliphatic carbocycles. The predicted molar refractivity (Wildman–Crippen MR) is 103 cm³/mol. The predicted octanol–water partition coefficient (Wildman–Crippen LogP) is 4.47. The Bertz CT molecular complexity index is 875. The number of rotatable bonds is 6. The van der Waals surface area contributed by atoms with Crippen molar-refractivity contribution in [2.24, 2.45) is 0 Å². The van der Waals surface area contributed by atoms with Gasteiger partial charge in [-0.05, 0) is 41.8 Å². The number of carbonyl (C=O) groups excluding carboxylic acids is 1. The summed E-state index contributed by atoms with van der Waals surface area (Å²) in [6.45, 7) is 4.57. The van der Waals surface area contributed by atoms with Crippen LogP contribution in [0.25, 0.3) is 22.0 Å². The van der Waals surface area contributed by atoms with Crippen molar-refractivity contribution in [1.29, 1.82) is 0 Å². The lowest BCUT2D eigenvalue weighted by Gasteiger charge is -2.10. The van der Waals surface area contributed by atoms with Crippen molar-refractivity contribution in [1.82, 2.24) is 9.97 Å². The van der Waals surface area contributed by atoms with E-state index >= 15 is 0 Å². The van der Waals surface area contributed by atoms with Crippen LogP contribution in [0.1, 0.15) is 26.7 Å². The van der Waals surface area contributed by atoms with Crippen LogP contribution in [0.3, 0.4) is 0 Å². The number of unbranched alkanes of at least 4 members (excludes halogenated alkanes) is 1. The lowest BCUT2D eigenvalue weighted by Crippen LogP contribution is -2.05. The zero-order valence-corrected chi connectivity index (χ0v) is 14.5. The van der Waals surface area contributed by atoms with E-state index in [1.54, 1.807) is 6.33 Å². The van der Waals surface area contributed by atoms with Crippen LogP contribution in [-0.4, -0.2) is 22.4 Å². The Morgan fingerprint density at radius 3 is 2.52 bits per heavy atom. The van der Waals surface area contributed by atoms with Crippen molar-refractivity contribution in [2.75, 3.05) is 17.2 Å². The quantitative estimate of drug-likeness (QED) is 0.653. The minimum atomic E-state index is -0.0709.